The van der Waals surface area contributed by atoms with Gasteiger partial charge in [0.1, 0.15) is 0 Å². The Balaban J connectivity index is 1.99. The Morgan fingerprint density at radius 1 is 1.42 bits per heavy atom. The molecule has 24 heavy (non-hydrogen) atoms. The van der Waals surface area contributed by atoms with Crippen molar-refractivity contribution in [3.63, 3.8) is 0 Å². The minimum Gasteiger partial charge on any atom is -0.462 e. The first kappa shape index (κ1) is 16.6. The molecule has 0 spiro atoms. The monoisotopic (exact) mass is 329 g/mol. The molecule has 0 aliphatic carbocycles. The van der Waals surface area contributed by atoms with Crippen molar-refractivity contribution in [2.45, 2.75) is 58.6 Å². The van der Waals surface area contributed by atoms with Crippen LogP contribution in [-0.2, 0) is 22.5 Å². The molecule has 128 valence electrons. The zero-order chi connectivity index (χ0) is 17.3. The second kappa shape index (κ2) is 6.67. The quantitative estimate of drug-likeness (QED) is 0.599. The number of ketones is 1. The maximum atomic E-state index is 12.8. The lowest BCUT2D eigenvalue weighted by atomic mass is 10.0. The van der Waals surface area contributed by atoms with E-state index in [-0.39, 0.29) is 23.8 Å². The van der Waals surface area contributed by atoms with Gasteiger partial charge in [0.2, 0.25) is 5.78 Å². The van der Waals surface area contributed by atoms with E-state index in [1.807, 2.05) is 24.5 Å². The van der Waals surface area contributed by atoms with Crippen molar-refractivity contribution in [2.75, 3.05) is 0 Å². The minimum atomic E-state index is -0.291. The van der Waals surface area contributed by atoms with Gasteiger partial charge in [0.05, 0.1) is 24.0 Å². The summed E-state index contributed by atoms with van der Waals surface area (Å²) in [6.07, 6.45) is 3.77. The summed E-state index contributed by atoms with van der Waals surface area (Å²) in [6.45, 7) is 6.42. The third kappa shape index (κ3) is 2.90. The maximum absolute atomic E-state index is 12.8. The molecule has 0 aromatic carbocycles. The van der Waals surface area contributed by atoms with Crippen LogP contribution >= 0.6 is 0 Å². The van der Waals surface area contributed by atoms with Crippen molar-refractivity contribution >= 4 is 11.8 Å². The Hall–Kier alpha value is -2.30. The SMILES string of the molecule is CCCc1cc2n(c1C(=O)c1ccco1)CCC2C(=O)OC(C)C. The first-order chi connectivity index (χ1) is 11.5. The highest BCUT2D eigenvalue weighted by Gasteiger charge is 2.35. The van der Waals surface area contributed by atoms with Gasteiger partial charge >= 0.3 is 5.97 Å². The lowest BCUT2D eigenvalue weighted by Gasteiger charge is -2.12. The van der Waals surface area contributed by atoms with Crippen molar-refractivity contribution in [3.8, 4) is 0 Å². The van der Waals surface area contributed by atoms with Crippen LogP contribution in [0.15, 0.2) is 28.9 Å². The Morgan fingerprint density at radius 3 is 2.83 bits per heavy atom. The van der Waals surface area contributed by atoms with Crippen molar-refractivity contribution < 1.29 is 18.7 Å². The number of ether oxygens (including phenoxy) is 1. The normalized spacial score (nSPS) is 16.4. The fourth-order valence-corrected chi connectivity index (χ4v) is 3.37. The molecule has 1 aliphatic rings. The maximum Gasteiger partial charge on any atom is 0.315 e. The summed E-state index contributed by atoms with van der Waals surface area (Å²) in [5.41, 5.74) is 2.52. The standard InChI is InChI=1S/C19H23NO4/c1-4-6-13-11-15-14(19(22)24-12(2)3)8-9-20(15)17(13)18(21)16-7-5-10-23-16/h5,7,10-12,14H,4,6,8-9H2,1-3H3. The molecule has 1 atom stereocenters. The molecule has 0 radical (unpaired) electrons. The lowest BCUT2D eigenvalue weighted by Crippen LogP contribution is -2.18. The summed E-state index contributed by atoms with van der Waals surface area (Å²) in [7, 11) is 0. The van der Waals surface area contributed by atoms with Gasteiger partial charge < -0.3 is 13.7 Å². The molecule has 5 heteroatoms. The van der Waals surface area contributed by atoms with Crippen molar-refractivity contribution in [1.82, 2.24) is 4.57 Å². The van der Waals surface area contributed by atoms with Crippen molar-refractivity contribution in [2.24, 2.45) is 0 Å². The Bertz CT molecular complexity index is 740. The van der Waals surface area contributed by atoms with Crippen LogP contribution in [0.1, 0.15) is 67.0 Å². The van der Waals surface area contributed by atoms with Gasteiger partial charge in [-0.3, -0.25) is 9.59 Å². The highest BCUT2D eigenvalue weighted by molar-refractivity contribution is 6.07. The number of aryl methyl sites for hydroxylation is 1. The summed E-state index contributed by atoms with van der Waals surface area (Å²) in [5.74, 6) is -0.281. The van der Waals surface area contributed by atoms with Crippen molar-refractivity contribution in [3.05, 3.63) is 47.2 Å². The van der Waals surface area contributed by atoms with Crippen LogP contribution in [0.4, 0.5) is 0 Å². The Morgan fingerprint density at radius 2 is 2.21 bits per heavy atom. The predicted octanol–water partition coefficient (Wildman–Crippen LogP) is 3.70. The van der Waals surface area contributed by atoms with Gasteiger partial charge in [-0.15, -0.1) is 0 Å². The smallest absolute Gasteiger partial charge is 0.315 e. The van der Waals surface area contributed by atoms with Gasteiger partial charge in [-0.05, 0) is 50.5 Å². The average molecular weight is 329 g/mol. The number of carbonyl (C=O) groups excluding carboxylic acids is 2. The van der Waals surface area contributed by atoms with E-state index in [1.54, 1.807) is 12.1 Å². The number of carbonyl (C=O) groups is 2. The highest BCUT2D eigenvalue weighted by Crippen LogP contribution is 2.35. The average Bonchev–Trinajstić information content (AvgIpc) is 3.22. The number of rotatable bonds is 6. The first-order valence-corrected chi connectivity index (χ1v) is 8.53. The molecule has 3 rings (SSSR count). The van der Waals surface area contributed by atoms with Crippen LogP contribution in [0.2, 0.25) is 0 Å². The third-order valence-corrected chi connectivity index (χ3v) is 4.32. The number of fused-ring (bicyclic) bond motifs is 1. The van der Waals surface area contributed by atoms with Gasteiger partial charge in [0, 0.05) is 12.2 Å². The largest absolute Gasteiger partial charge is 0.462 e. The number of nitrogens with zero attached hydrogens (tertiary/aromatic N) is 1. The first-order valence-electron chi connectivity index (χ1n) is 8.53. The van der Waals surface area contributed by atoms with Gasteiger partial charge in [0.25, 0.3) is 0 Å². The fraction of sp³-hybridized carbons (Fsp3) is 0.474. The Labute approximate surface area is 141 Å². The van der Waals surface area contributed by atoms with E-state index in [2.05, 4.69) is 6.92 Å². The molecular formula is C19H23NO4. The zero-order valence-corrected chi connectivity index (χ0v) is 14.4. The summed E-state index contributed by atoms with van der Waals surface area (Å²) < 4.78 is 12.6. The van der Waals surface area contributed by atoms with Gasteiger partial charge in [-0.2, -0.15) is 0 Å². The second-order valence-electron chi connectivity index (χ2n) is 6.48. The number of aromatic nitrogens is 1. The molecule has 2 aromatic heterocycles. The number of esters is 1. The van der Waals surface area contributed by atoms with Gasteiger partial charge in [0.15, 0.2) is 5.76 Å². The molecule has 0 bridgehead atoms. The van der Waals surface area contributed by atoms with Crippen LogP contribution < -0.4 is 0 Å². The highest BCUT2D eigenvalue weighted by atomic mass is 16.5. The molecule has 0 fully saturated rings. The number of hydrogen-bond acceptors (Lipinski definition) is 4. The van der Waals surface area contributed by atoms with E-state index in [9.17, 15) is 9.59 Å². The topological polar surface area (TPSA) is 61.4 Å². The van der Waals surface area contributed by atoms with Crippen LogP contribution in [0.5, 0.6) is 0 Å². The van der Waals surface area contributed by atoms with E-state index in [0.29, 0.717) is 24.4 Å². The number of furan rings is 1. The summed E-state index contributed by atoms with van der Waals surface area (Å²) >= 11 is 0. The molecule has 5 nitrogen and oxygen atoms in total. The molecule has 0 amide bonds. The lowest BCUT2D eigenvalue weighted by molar-refractivity contribution is -0.149. The fourth-order valence-electron chi connectivity index (χ4n) is 3.37. The second-order valence-corrected chi connectivity index (χ2v) is 6.48. The molecule has 3 heterocycles. The van der Waals surface area contributed by atoms with E-state index in [1.165, 1.54) is 6.26 Å². The van der Waals surface area contributed by atoms with Crippen LogP contribution in [0, 0.1) is 0 Å². The number of hydrogen-bond donors (Lipinski definition) is 0. The molecule has 1 unspecified atom stereocenters. The zero-order valence-electron chi connectivity index (χ0n) is 14.4. The Kier molecular flexibility index (Phi) is 4.60. The van der Waals surface area contributed by atoms with Gasteiger partial charge in [-0.25, -0.2) is 0 Å². The van der Waals surface area contributed by atoms with E-state index in [4.69, 9.17) is 9.15 Å². The van der Waals surface area contributed by atoms with Gasteiger partial charge in [-0.1, -0.05) is 13.3 Å². The molecule has 0 saturated carbocycles. The predicted molar refractivity (Wildman–Crippen MR) is 89.2 cm³/mol. The third-order valence-electron chi connectivity index (χ3n) is 4.32. The van der Waals surface area contributed by atoms with Crippen LogP contribution in [0.3, 0.4) is 0 Å². The summed E-state index contributed by atoms with van der Waals surface area (Å²) in [4.78, 5) is 25.2. The molecule has 0 N–H and O–H groups in total. The van der Waals surface area contributed by atoms with E-state index >= 15 is 0 Å². The summed E-state index contributed by atoms with van der Waals surface area (Å²) in [6, 6.07) is 5.39. The van der Waals surface area contributed by atoms with Crippen molar-refractivity contribution in [1.29, 1.82) is 0 Å². The molecule has 2 aromatic rings. The molecular weight excluding hydrogens is 306 g/mol. The minimum absolute atomic E-state index is 0.118. The van der Waals surface area contributed by atoms with Crippen LogP contribution in [0.25, 0.3) is 0 Å². The molecule has 1 aliphatic heterocycles. The van der Waals surface area contributed by atoms with E-state index < -0.39 is 0 Å². The van der Waals surface area contributed by atoms with E-state index in [0.717, 1.165) is 24.1 Å². The van der Waals surface area contributed by atoms with Crippen LogP contribution in [-0.4, -0.2) is 22.4 Å². The molecule has 0 saturated heterocycles. The summed E-state index contributed by atoms with van der Waals surface area (Å²) in [5, 5.41) is 0.